The van der Waals surface area contributed by atoms with Crippen LogP contribution in [0.2, 0.25) is 0 Å². The fourth-order valence-corrected chi connectivity index (χ4v) is 1.70. The molecule has 3 N–H and O–H groups in total. The second-order valence-electron chi connectivity index (χ2n) is 4.27. The van der Waals surface area contributed by atoms with Crippen molar-refractivity contribution in [1.82, 2.24) is 10.3 Å². The number of anilines is 1. The first-order valence-electron chi connectivity index (χ1n) is 5.78. The van der Waals surface area contributed by atoms with Gasteiger partial charge < -0.3 is 11.1 Å². The zero-order valence-corrected chi connectivity index (χ0v) is 9.08. The largest absolute Gasteiger partial charge is 0.384 e. The molecule has 82 valence electrons. The van der Waals surface area contributed by atoms with Crippen molar-refractivity contribution < 1.29 is 0 Å². The van der Waals surface area contributed by atoms with Gasteiger partial charge in [0.05, 0.1) is 0 Å². The van der Waals surface area contributed by atoms with E-state index in [0.717, 1.165) is 19.0 Å². The summed E-state index contributed by atoms with van der Waals surface area (Å²) in [6.45, 7) is 1.16. The number of pyridine rings is 1. The zero-order valence-electron chi connectivity index (χ0n) is 9.08. The van der Waals surface area contributed by atoms with Gasteiger partial charge in [-0.05, 0) is 56.3 Å². The molecule has 0 unspecified atom stereocenters. The molecule has 1 aliphatic carbocycles. The third-order valence-electron chi connectivity index (χ3n) is 2.75. The number of nitrogen functional groups attached to an aromatic ring is 1. The molecule has 2 rings (SSSR count). The van der Waals surface area contributed by atoms with Gasteiger partial charge in [-0.2, -0.15) is 0 Å². The van der Waals surface area contributed by atoms with E-state index in [2.05, 4.69) is 10.3 Å². The van der Waals surface area contributed by atoms with E-state index < -0.39 is 0 Å². The molecule has 0 radical (unpaired) electrons. The van der Waals surface area contributed by atoms with Crippen LogP contribution in [0.5, 0.6) is 0 Å². The Labute approximate surface area is 91.1 Å². The molecule has 1 aliphatic rings. The lowest BCUT2D eigenvalue weighted by Crippen LogP contribution is -2.17. The fourth-order valence-electron chi connectivity index (χ4n) is 1.70. The van der Waals surface area contributed by atoms with Gasteiger partial charge in [-0.3, -0.25) is 0 Å². The Morgan fingerprint density at radius 1 is 1.40 bits per heavy atom. The van der Waals surface area contributed by atoms with Gasteiger partial charge in [0, 0.05) is 12.2 Å². The molecule has 0 aromatic carbocycles. The standard InChI is InChI=1S/C12H19N3/c13-12-9-10(6-8-15-12)3-1-2-7-14-11-4-5-11/h6,8-9,11,14H,1-5,7H2,(H2,13,15). The van der Waals surface area contributed by atoms with Gasteiger partial charge in [0.1, 0.15) is 5.82 Å². The van der Waals surface area contributed by atoms with Crippen LogP contribution in [0, 0.1) is 0 Å². The summed E-state index contributed by atoms with van der Waals surface area (Å²) in [5.41, 5.74) is 6.91. The van der Waals surface area contributed by atoms with E-state index in [1.807, 2.05) is 12.1 Å². The number of aromatic nitrogens is 1. The lowest BCUT2D eigenvalue weighted by Gasteiger charge is -2.03. The van der Waals surface area contributed by atoms with E-state index in [9.17, 15) is 0 Å². The first kappa shape index (κ1) is 10.4. The number of nitrogens with zero attached hydrogens (tertiary/aromatic N) is 1. The highest BCUT2D eigenvalue weighted by Crippen LogP contribution is 2.18. The summed E-state index contributed by atoms with van der Waals surface area (Å²) in [6.07, 6.45) is 8.12. The monoisotopic (exact) mass is 205 g/mol. The Kier molecular flexibility index (Phi) is 3.56. The minimum Gasteiger partial charge on any atom is -0.384 e. The van der Waals surface area contributed by atoms with Crippen molar-refractivity contribution in [2.75, 3.05) is 12.3 Å². The maximum Gasteiger partial charge on any atom is 0.123 e. The number of hydrogen-bond donors (Lipinski definition) is 2. The van der Waals surface area contributed by atoms with Crippen LogP contribution in [0.1, 0.15) is 31.2 Å². The maximum absolute atomic E-state index is 5.61. The van der Waals surface area contributed by atoms with E-state index in [-0.39, 0.29) is 0 Å². The van der Waals surface area contributed by atoms with Crippen molar-refractivity contribution >= 4 is 5.82 Å². The van der Waals surface area contributed by atoms with Crippen LogP contribution >= 0.6 is 0 Å². The molecule has 1 aromatic heterocycles. The smallest absolute Gasteiger partial charge is 0.123 e. The second kappa shape index (κ2) is 5.12. The topological polar surface area (TPSA) is 50.9 Å². The van der Waals surface area contributed by atoms with Gasteiger partial charge in [0.15, 0.2) is 0 Å². The lowest BCUT2D eigenvalue weighted by atomic mass is 10.1. The van der Waals surface area contributed by atoms with E-state index in [1.165, 1.54) is 31.2 Å². The van der Waals surface area contributed by atoms with Gasteiger partial charge in [-0.1, -0.05) is 0 Å². The number of aryl methyl sites for hydroxylation is 1. The normalized spacial score (nSPS) is 15.5. The van der Waals surface area contributed by atoms with Crippen molar-refractivity contribution in [2.24, 2.45) is 0 Å². The van der Waals surface area contributed by atoms with Crippen molar-refractivity contribution in [3.63, 3.8) is 0 Å². The Morgan fingerprint density at radius 2 is 2.27 bits per heavy atom. The molecule has 1 saturated carbocycles. The predicted molar refractivity (Wildman–Crippen MR) is 62.6 cm³/mol. The second-order valence-corrected chi connectivity index (χ2v) is 4.27. The van der Waals surface area contributed by atoms with Gasteiger partial charge in [0.25, 0.3) is 0 Å². The fraction of sp³-hybridized carbons (Fsp3) is 0.583. The third-order valence-corrected chi connectivity index (χ3v) is 2.75. The Bertz CT molecular complexity index is 307. The average Bonchev–Trinajstić information content (AvgIpc) is 3.01. The molecule has 0 bridgehead atoms. The predicted octanol–water partition coefficient (Wildman–Crippen LogP) is 1.74. The van der Waals surface area contributed by atoms with Crippen LogP contribution in [0.25, 0.3) is 0 Å². The molecule has 3 heteroatoms. The molecule has 0 spiro atoms. The van der Waals surface area contributed by atoms with Crippen LogP contribution in [0.15, 0.2) is 18.3 Å². The molecule has 0 aliphatic heterocycles. The molecule has 0 amide bonds. The molecule has 15 heavy (non-hydrogen) atoms. The molecular weight excluding hydrogens is 186 g/mol. The lowest BCUT2D eigenvalue weighted by molar-refractivity contribution is 0.620. The molecule has 0 atom stereocenters. The van der Waals surface area contributed by atoms with Crippen LogP contribution in [-0.2, 0) is 6.42 Å². The number of nitrogens with one attached hydrogen (secondary N) is 1. The van der Waals surface area contributed by atoms with E-state index in [4.69, 9.17) is 5.73 Å². The summed E-state index contributed by atoms with van der Waals surface area (Å²) in [4.78, 5) is 3.98. The number of nitrogens with two attached hydrogens (primary N) is 1. The summed E-state index contributed by atoms with van der Waals surface area (Å²) in [5.74, 6) is 0.628. The SMILES string of the molecule is Nc1cc(CCCCNC2CC2)ccn1. The molecular formula is C12H19N3. The number of hydrogen-bond acceptors (Lipinski definition) is 3. The average molecular weight is 205 g/mol. The van der Waals surface area contributed by atoms with Crippen molar-refractivity contribution in [2.45, 2.75) is 38.1 Å². The minimum absolute atomic E-state index is 0.628. The number of rotatable bonds is 6. The van der Waals surface area contributed by atoms with Gasteiger partial charge in [-0.25, -0.2) is 4.98 Å². The third kappa shape index (κ3) is 3.88. The molecule has 3 nitrogen and oxygen atoms in total. The van der Waals surface area contributed by atoms with E-state index >= 15 is 0 Å². The highest BCUT2D eigenvalue weighted by Gasteiger charge is 2.19. The van der Waals surface area contributed by atoms with Crippen molar-refractivity contribution in [3.8, 4) is 0 Å². The Hall–Kier alpha value is -1.09. The quantitative estimate of drug-likeness (QED) is 0.695. The first-order chi connectivity index (χ1) is 7.34. The van der Waals surface area contributed by atoms with Gasteiger partial charge in [-0.15, -0.1) is 0 Å². The zero-order chi connectivity index (χ0) is 10.5. The summed E-state index contributed by atoms with van der Waals surface area (Å²) >= 11 is 0. The summed E-state index contributed by atoms with van der Waals surface area (Å²) in [6, 6.07) is 4.85. The summed E-state index contributed by atoms with van der Waals surface area (Å²) in [7, 11) is 0. The minimum atomic E-state index is 0.628. The van der Waals surface area contributed by atoms with Crippen molar-refractivity contribution in [1.29, 1.82) is 0 Å². The van der Waals surface area contributed by atoms with Crippen molar-refractivity contribution in [3.05, 3.63) is 23.9 Å². The van der Waals surface area contributed by atoms with Crippen LogP contribution in [0.3, 0.4) is 0 Å². The first-order valence-corrected chi connectivity index (χ1v) is 5.78. The van der Waals surface area contributed by atoms with Crippen LogP contribution in [-0.4, -0.2) is 17.6 Å². The molecule has 1 fully saturated rings. The van der Waals surface area contributed by atoms with Gasteiger partial charge >= 0.3 is 0 Å². The molecule has 1 aromatic rings. The maximum atomic E-state index is 5.61. The van der Waals surface area contributed by atoms with E-state index in [0.29, 0.717) is 5.82 Å². The van der Waals surface area contributed by atoms with Gasteiger partial charge in [0.2, 0.25) is 0 Å². The Morgan fingerprint density at radius 3 is 3.00 bits per heavy atom. The van der Waals surface area contributed by atoms with Crippen LogP contribution in [0.4, 0.5) is 5.82 Å². The Balaban J connectivity index is 1.60. The molecule has 0 saturated heterocycles. The highest BCUT2D eigenvalue weighted by molar-refractivity contribution is 5.31. The van der Waals surface area contributed by atoms with E-state index in [1.54, 1.807) is 6.20 Å². The molecule has 1 heterocycles. The van der Waals surface area contributed by atoms with Crippen LogP contribution < -0.4 is 11.1 Å². The number of unbranched alkanes of at least 4 members (excludes halogenated alkanes) is 1. The highest BCUT2D eigenvalue weighted by atomic mass is 14.9. The summed E-state index contributed by atoms with van der Waals surface area (Å²) < 4.78 is 0. The summed E-state index contributed by atoms with van der Waals surface area (Å²) in [5, 5.41) is 3.52.